The van der Waals surface area contributed by atoms with Gasteiger partial charge >= 0.3 is 0 Å². The maximum Gasteiger partial charge on any atom is 0.250 e. The number of carbonyl (C=O) groups is 1. The molecule has 0 bridgehead atoms. The van der Waals surface area contributed by atoms with Gasteiger partial charge in [0.25, 0.3) is 0 Å². The Bertz CT molecular complexity index is 965. The van der Waals surface area contributed by atoms with Gasteiger partial charge in [-0.15, -0.1) is 11.8 Å². The lowest BCUT2D eigenvalue weighted by molar-refractivity contribution is -0.118. The van der Waals surface area contributed by atoms with Crippen LogP contribution < -0.4 is 5.43 Å². The van der Waals surface area contributed by atoms with Gasteiger partial charge < -0.3 is 4.57 Å². The number of aromatic nitrogens is 1. The minimum atomic E-state index is -0.118. The fourth-order valence-electron chi connectivity index (χ4n) is 2.94. The van der Waals surface area contributed by atoms with Crippen molar-refractivity contribution in [2.24, 2.45) is 5.10 Å². The maximum atomic E-state index is 12.0. The summed E-state index contributed by atoms with van der Waals surface area (Å²) in [7, 11) is 0. The number of para-hydroxylation sites is 1. The molecule has 0 radical (unpaired) electrons. The van der Waals surface area contributed by atoms with Crippen LogP contribution in [0.15, 0.2) is 65.8 Å². The van der Waals surface area contributed by atoms with Gasteiger partial charge in [0.1, 0.15) is 0 Å². The Kier molecular flexibility index (Phi) is 6.95. The van der Waals surface area contributed by atoms with Crippen LogP contribution in [0.5, 0.6) is 0 Å². The summed E-state index contributed by atoms with van der Waals surface area (Å²) in [5.74, 6) is 0.988. The highest BCUT2D eigenvalue weighted by Crippen LogP contribution is 2.19. The molecule has 3 aromatic rings. The van der Waals surface area contributed by atoms with Crippen molar-refractivity contribution in [2.75, 3.05) is 5.75 Å². The van der Waals surface area contributed by atoms with E-state index >= 15 is 0 Å². The number of hydrogen-bond acceptors (Lipinski definition) is 3. The number of thioether (sulfide) groups is 1. The number of carbonyl (C=O) groups excluding carboxylic acids is 1. The second-order valence-electron chi connectivity index (χ2n) is 6.41. The highest BCUT2D eigenvalue weighted by atomic mass is 35.5. The normalized spacial score (nSPS) is 11.1. The van der Waals surface area contributed by atoms with Crippen LogP contribution >= 0.6 is 23.4 Å². The Morgan fingerprint density at radius 3 is 2.57 bits per heavy atom. The van der Waals surface area contributed by atoms with Gasteiger partial charge in [-0.1, -0.05) is 41.9 Å². The predicted octanol–water partition coefficient (Wildman–Crippen LogP) is 5.13. The Balaban J connectivity index is 1.53. The molecular formula is C22H22ClN3OS. The SMILES string of the molecule is Cc1cc(/C=N/NC(=O)CSCc2ccc(Cl)cc2)c(C)n1-c1ccccc1. The number of nitrogens with zero attached hydrogens (tertiary/aromatic N) is 2. The van der Waals surface area contributed by atoms with E-state index in [4.69, 9.17) is 11.6 Å². The molecule has 144 valence electrons. The van der Waals surface area contributed by atoms with Crippen molar-refractivity contribution >= 4 is 35.5 Å². The number of benzene rings is 2. The van der Waals surface area contributed by atoms with Crippen LogP contribution in [-0.2, 0) is 10.5 Å². The lowest BCUT2D eigenvalue weighted by atomic mass is 10.2. The second-order valence-corrected chi connectivity index (χ2v) is 7.83. The van der Waals surface area contributed by atoms with E-state index in [0.29, 0.717) is 10.8 Å². The number of halogens is 1. The highest BCUT2D eigenvalue weighted by molar-refractivity contribution is 7.99. The summed E-state index contributed by atoms with van der Waals surface area (Å²) < 4.78 is 2.17. The van der Waals surface area contributed by atoms with E-state index in [9.17, 15) is 4.79 Å². The minimum Gasteiger partial charge on any atom is -0.318 e. The lowest BCUT2D eigenvalue weighted by Crippen LogP contribution is -2.19. The van der Waals surface area contributed by atoms with E-state index in [1.54, 1.807) is 18.0 Å². The summed E-state index contributed by atoms with van der Waals surface area (Å²) in [5, 5.41) is 4.83. The van der Waals surface area contributed by atoms with Gasteiger partial charge in [-0.3, -0.25) is 4.79 Å². The molecular weight excluding hydrogens is 390 g/mol. The average molecular weight is 412 g/mol. The van der Waals surface area contributed by atoms with Crippen molar-refractivity contribution in [1.29, 1.82) is 0 Å². The number of hydrazone groups is 1. The van der Waals surface area contributed by atoms with Crippen molar-refractivity contribution in [2.45, 2.75) is 19.6 Å². The van der Waals surface area contributed by atoms with Gasteiger partial charge in [-0.2, -0.15) is 5.10 Å². The van der Waals surface area contributed by atoms with Crippen molar-refractivity contribution in [3.63, 3.8) is 0 Å². The van der Waals surface area contributed by atoms with E-state index < -0.39 is 0 Å². The molecule has 0 spiro atoms. The molecule has 0 unspecified atom stereocenters. The largest absolute Gasteiger partial charge is 0.318 e. The summed E-state index contributed by atoms with van der Waals surface area (Å²) in [4.78, 5) is 12.0. The molecule has 0 aliphatic heterocycles. The third-order valence-electron chi connectivity index (χ3n) is 4.29. The topological polar surface area (TPSA) is 46.4 Å². The zero-order chi connectivity index (χ0) is 19.9. The molecule has 2 aromatic carbocycles. The van der Waals surface area contributed by atoms with Crippen molar-refractivity contribution in [1.82, 2.24) is 9.99 Å². The zero-order valence-corrected chi connectivity index (χ0v) is 17.4. The average Bonchev–Trinajstić information content (AvgIpc) is 2.97. The first-order valence-corrected chi connectivity index (χ1v) is 10.5. The minimum absolute atomic E-state index is 0.118. The monoisotopic (exact) mass is 411 g/mol. The Morgan fingerprint density at radius 2 is 1.86 bits per heavy atom. The first-order chi connectivity index (χ1) is 13.5. The summed E-state index contributed by atoms with van der Waals surface area (Å²) in [6.45, 7) is 4.11. The van der Waals surface area contributed by atoms with Gasteiger partial charge in [-0.25, -0.2) is 5.43 Å². The van der Waals surface area contributed by atoms with Crippen molar-refractivity contribution in [3.8, 4) is 5.69 Å². The highest BCUT2D eigenvalue weighted by Gasteiger charge is 2.09. The van der Waals surface area contributed by atoms with Gasteiger partial charge in [0, 0.05) is 33.4 Å². The van der Waals surface area contributed by atoms with Crippen LogP contribution in [0, 0.1) is 13.8 Å². The molecule has 28 heavy (non-hydrogen) atoms. The molecule has 0 aliphatic carbocycles. The molecule has 0 saturated carbocycles. The van der Waals surface area contributed by atoms with Gasteiger partial charge in [0.15, 0.2) is 0 Å². The van der Waals surface area contributed by atoms with E-state index in [1.807, 2.05) is 49.4 Å². The zero-order valence-electron chi connectivity index (χ0n) is 15.9. The number of amides is 1. The third kappa shape index (κ3) is 5.27. The number of rotatable bonds is 7. The molecule has 6 heteroatoms. The van der Waals surface area contributed by atoms with Crippen molar-refractivity contribution in [3.05, 3.63) is 88.2 Å². The van der Waals surface area contributed by atoms with Gasteiger partial charge in [0.2, 0.25) is 5.91 Å². The lowest BCUT2D eigenvalue weighted by Gasteiger charge is -2.08. The quantitative estimate of drug-likeness (QED) is 0.432. The summed E-state index contributed by atoms with van der Waals surface area (Å²) in [6.07, 6.45) is 1.70. The van der Waals surface area contributed by atoms with Crippen LogP contribution in [-0.4, -0.2) is 22.4 Å². The summed E-state index contributed by atoms with van der Waals surface area (Å²) >= 11 is 7.41. The Labute approximate surface area is 174 Å². The van der Waals surface area contributed by atoms with Crippen LogP contribution in [0.3, 0.4) is 0 Å². The summed E-state index contributed by atoms with van der Waals surface area (Å²) in [5.41, 5.74) is 8.03. The molecule has 4 nitrogen and oxygen atoms in total. The van der Waals surface area contributed by atoms with Crippen LogP contribution in [0.4, 0.5) is 0 Å². The smallest absolute Gasteiger partial charge is 0.250 e. The maximum absolute atomic E-state index is 12.0. The van der Waals surface area contributed by atoms with E-state index in [0.717, 1.165) is 34.0 Å². The number of aryl methyl sites for hydroxylation is 1. The molecule has 0 aliphatic rings. The molecule has 1 heterocycles. The standard InChI is InChI=1S/C22H22ClN3OS/c1-16-12-19(17(2)26(16)21-6-4-3-5-7-21)13-24-25-22(27)15-28-14-18-8-10-20(23)11-9-18/h3-13H,14-15H2,1-2H3,(H,25,27)/b24-13+. The number of nitrogens with one attached hydrogen (secondary N) is 1. The Hall–Kier alpha value is -2.50. The van der Waals surface area contributed by atoms with Gasteiger partial charge in [-0.05, 0) is 49.7 Å². The van der Waals surface area contributed by atoms with Gasteiger partial charge in [0.05, 0.1) is 12.0 Å². The van der Waals surface area contributed by atoms with Crippen LogP contribution in [0.2, 0.25) is 5.02 Å². The molecule has 0 saturated heterocycles. The fraction of sp³-hybridized carbons (Fsp3) is 0.182. The molecule has 0 fully saturated rings. The number of hydrogen-bond donors (Lipinski definition) is 1. The predicted molar refractivity (Wildman–Crippen MR) is 119 cm³/mol. The third-order valence-corrected chi connectivity index (χ3v) is 5.55. The first-order valence-electron chi connectivity index (χ1n) is 8.93. The van der Waals surface area contributed by atoms with E-state index in [2.05, 4.69) is 40.2 Å². The Morgan fingerprint density at radius 1 is 1.14 bits per heavy atom. The van der Waals surface area contributed by atoms with E-state index in [1.165, 1.54) is 0 Å². The first kappa shape index (κ1) is 20.2. The summed E-state index contributed by atoms with van der Waals surface area (Å²) in [6, 6.07) is 19.9. The second kappa shape index (κ2) is 9.62. The fourth-order valence-corrected chi connectivity index (χ4v) is 3.85. The van der Waals surface area contributed by atoms with Crippen LogP contribution in [0.25, 0.3) is 5.69 Å². The molecule has 1 amide bonds. The van der Waals surface area contributed by atoms with Crippen molar-refractivity contribution < 1.29 is 4.79 Å². The molecule has 0 atom stereocenters. The van der Waals surface area contributed by atoms with Crippen LogP contribution in [0.1, 0.15) is 22.5 Å². The molecule has 3 rings (SSSR count). The molecule has 1 N–H and O–H groups in total. The van der Waals surface area contributed by atoms with E-state index in [-0.39, 0.29) is 5.91 Å². The molecule has 1 aromatic heterocycles.